The standard InChI is InChI=1S/C12H20N2OS2/c1-10(3-5-13)17-9-12(15)14(2)7-11-4-6-16-8-11/h4,6,8,10H,3,5,7,9,13H2,1-2H3. The van der Waals surface area contributed by atoms with Crippen molar-refractivity contribution in [2.75, 3.05) is 19.3 Å². The molecule has 0 aromatic carbocycles. The zero-order chi connectivity index (χ0) is 12.7. The smallest absolute Gasteiger partial charge is 0.232 e. The van der Waals surface area contributed by atoms with Gasteiger partial charge in [0.2, 0.25) is 5.91 Å². The number of thioether (sulfide) groups is 1. The van der Waals surface area contributed by atoms with Crippen LogP contribution in [0.2, 0.25) is 0 Å². The van der Waals surface area contributed by atoms with E-state index < -0.39 is 0 Å². The Labute approximate surface area is 111 Å². The summed E-state index contributed by atoms with van der Waals surface area (Å²) in [6.07, 6.45) is 0.964. The molecule has 3 nitrogen and oxygen atoms in total. The molecule has 0 radical (unpaired) electrons. The van der Waals surface area contributed by atoms with Crippen LogP contribution in [0.5, 0.6) is 0 Å². The van der Waals surface area contributed by atoms with Gasteiger partial charge in [-0.1, -0.05) is 6.92 Å². The highest BCUT2D eigenvalue weighted by Crippen LogP contribution is 2.15. The lowest BCUT2D eigenvalue weighted by Gasteiger charge is -2.17. The summed E-state index contributed by atoms with van der Waals surface area (Å²) >= 11 is 3.34. The molecule has 0 spiro atoms. The summed E-state index contributed by atoms with van der Waals surface area (Å²) in [6, 6.07) is 2.05. The Hall–Kier alpha value is -0.520. The van der Waals surface area contributed by atoms with Crippen LogP contribution in [-0.4, -0.2) is 35.4 Å². The number of carbonyl (C=O) groups is 1. The number of nitrogens with zero attached hydrogens (tertiary/aromatic N) is 1. The Kier molecular flexibility index (Phi) is 6.62. The minimum absolute atomic E-state index is 0.185. The summed E-state index contributed by atoms with van der Waals surface area (Å²) in [5, 5.41) is 4.57. The molecular formula is C12H20N2OS2. The van der Waals surface area contributed by atoms with E-state index in [4.69, 9.17) is 5.73 Å². The molecule has 1 aromatic rings. The lowest BCUT2D eigenvalue weighted by Crippen LogP contribution is -2.28. The van der Waals surface area contributed by atoms with Gasteiger partial charge in [0.1, 0.15) is 0 Å². The average molecular weight is 272 g/mol. The summed E-state index contributed by atoms with van der Waals surface area (Å²) < 4.78 is 0. The Bertz CT molecular complexity index is 327. The molecule has 0 fully saturated rings. The van der Waals surface area contributed by atoms with Crippen molar-refractivity contribution in [2.45, 2.75) is 25.1 Å². The van der Waals surface area contributed by atoms with Crippen LogP contribution in [-0.2, 0) is 11.3 Å². The number of nitrogens with two attached hydrogens (primary N) is 1. The van der Waals surface area contributed by atoms with E-state index in [-0.39, 0.29) is 5.91 Å². The molecule has 0 aliphatic rings. The summed E-state index contributed by atoms with van der Waals surface area (Å²) in [4.78, 5) is 13.6. The number of carbonyl (C=O) groups excluding carboxylic acids is 1. The van der Waals surface area contributed by atoms with Crippen molar-refractivity contribution in [3.63, 3.8) is 0 Å². The number of rotatable bonds is 7. The minimum atomic E-state index is 0.185. The molecule has 0 bridgehead atoms. The molecule has 0 aliphatic heterocycles. The van der Waals surface area contributed by atoms with Crippen molar-refractivity contribution in [2.24, 2.45) is 5.73 Å². The van der Waals surface area contributed by atoms with Gasteiger partial charge in [0.05, 0.1) is 5.75 Å². The van der Waals surface area contributed by atoms with Crippen molar-refractivity contribution >= 4 is 29.0 Å². The first-order chi connectivity index (χ1) is 8.13. The van der Waals surface area contributed by atoms with Gasteiger partial charge < -0.3 is 10.6 Å². The Balaban J connectivity index is 2.27. The van der Waals surface area contributed by atoms with E-state index in [1.54, 1.807) is 28.0 Å². The first kappa shape index (κ1) is 14.5. The van der Waals surface area contributed by atoms with Crippen LogP contribution in [0, 0.1) is 0 Å². The third-order valence-corrected chi connectivity index (χ3v) is 4.44. The zero-order valence-corrected chi connectivity index (χ0v) is 12.0. The first-order valence-electron chi connectivity index (χ1n) is 5.70. The van der Waals surface area contributed by atoms with Crippen LogP contribution < -0.4 is 5.73 Å². The van der Waals surface area contributed by atoms with Gasteiger partial charge >= 0.3 is 0 Å². The molecule has 0 aliphatic carbocycles. The molecule has 2 N–H and O–H groups in total. The van der Waals surface area contributed by atoms with E-state index in [0.29, 0.717) is 24.1 Å². The zero-order valence-electron chi connectivity index (χ0n) is 10.4. The lowest BCUT2D eigenvalue weighted by atomic mass is 10.3. The van der Waals surface area contributed by atoms with Gasteiger partial charge in [-0.3, -0.25) is 4.79 Å². The molecule has 96 valence electrons. The van der Waals surface area contributed by atoms with Gasteiger partial charge in [0.25, 0.3) is 0 Å². The van der Waals surface area contributed by atoms with E-state index in [1.165, 1.54) is 5.56 Å². The van der Waals surface area contributed by atoms with E-state index >= 15 is 0 Å². The second-order valence-electron chi connectivity index (χ2n) is 4.08. The van der Waals surface area contributed by atoms with Crippen LogP contribution in [0.25, 0.3) is 0 Å². The Morgan fingerprint density at radius 3 is 3.00 bits per heavy atom. The highest BCUT2D eigenvalue weighted by atomic mass is 32.2. The average Bonchev–Trinajstić information content (AvgIpc) is 2.79. The van der Waals surface area contributed by atoms with Crippen molar-refractivity contribution in [1.29, 1.82) is 0 Å². The maximum Gasteiger partial charge on any atom is 0.232 e. The number of thiophene rings is 1. The topological polar surface area (TPSA) is 46.3 Å². The fourth-order valence-electron chi connectivity index (χ4n) is 1.39. The highest BCUT2D eigenvalue weighted by molar-refractivity contribution is 8.00. The number of hydrogen-bond donors (Lipinski definition) is 1. The summed E-state index contributed by atoms with van der Waals surface area (Å²) in [5.41, 5.74) is 6.68. The second-order valence-corrected chi connectivity index (χ2v) is 6.29. The number of amides is 1. The summed E-state index contributed by atoms with van der Waals surface area (Å²) in [5.74, 6) is 0.729. The normalized spacial score (nSPS) is 12.4. The molecule has 5 heteroatoms. The van der Waals surface area contributed by atoms with E-state index in [9.17, 15) is 4.79 Å². The second kappa shape index (κ2) is 7.74. The predicted octanol–water partition coefficient (Wildman–Crippen LogP) is 2.18. The van der Waals surface area contributed by atoms with Crippen LogP contribution >= 0.6 is 23.1 Å². The molecular weight excluding hydrogens is 252 g/mol. The molecule has 0 saturated heterocycles. The SMILES string of the molecule is CC(CCN)SCC(=O)N(C)Cc1ccsc1. The molecule has 17 heavy (non-hydrogen) atoms. The van der Waals surface area contributed by atoms with Gasteiger partial charge in [-0.2, -0.15) is 11.3 Å². The molecule has 1 heterocycles. The predicted molar refractivity (Wildman–Crippen MR) is 76.4 cm³/mol. The van der Waals surface area contributed by atoms with Gasteiger partial charge in [0, 0.05) is 18.8 Å². The van der Waals surface area contributed by atoms with Crippen LogP contribution in [0.4, 0.5) is 0 Å². The Morgan fingerprint density at radius 2 is 2.41 bits per heavy atom. The maximum absolute atomic E-state index is 11.9. The number of hydrogen-bond acceptors (Lipinski definition) is 4. The molecule has 1 atom stereocenters. The molecule has 1 aromatic heterocycles. The fourth-order valence-corrected chi connectivity index (χ4v) is 3.00. The Morgan fingerprint density at radius 1 is 1.65 bits per heavy atom. The fraction of sp³-hybridized carbons (Fsp3) is 0.583. The molecule has 1 amide bonds. The van der Waals surface area contributed by atoms with Gasteiger partial charge in [-0.25, -0.2) is 0 Å². The van der Waals surface area contributed by atoms with E-state index in [2.05, 4.69) is 18.4 Å². The highest BCUT2D eigenvalue weighted by Gasteiger charge is 2.11. The third kappa shape index (κ3) is 5.57. The van der Waals surface area contributed by atoms with Crippen molar-refractivity contribution in [3.05, 3.63) is 22.4 Å². The monoisotopic (exact) mass is 272 g/mol. The van der Waals surface area contributed by atoms with Crippen LogP contribution in [0.3, 0.4) is 0 Å². The van der Waals surface area contributed by atoms with Gasteiger partial charge in [0.15, 0.2) is 0 Å². The molecule has 1 unspecified atom stereocenters. The van der Waals surface area contributed by atoms with Gasteiger partial charge in [-0.15, -0.1) is 11.8 Å². The summed E-state index contributed by atoms with van der Waals surface area (Å²) in [6.45, 7) is 3.50. The van der Waals surface area contributed by atoms with Crippen LogP contribution in [0.1, 0.15) is 18.9 Å². The van der Waals surface area contributed by atoms with Crippen molar-refractivity contribution in [3.8, 4) is 0 Å². The molecule has 1 rings (SSSR count). The van der Waals surface area contributed by atoms with Crippen molar-refractivity contribution < 1.29 is 4.79 Å². The van der Waals surface area contributed by atoms with E-state index in [1.807, 2.05) is 12.4 Å². The van der Waals surface area contributed by atoms with Gasteiger partial charge in [-0.05, 0) is 35.4 Å². The third-order valence-electron chi connectivity index (χ3n) is 2.49. The van der Waals surface area contributed by atoms with E-state index in [0.717, 1.165) is 6.42 Å². The summed E-state index contributed by atoms with van der Waals surface area (Å²) in [7, 11) is 1.86. The quantitative estimate of drug-likeness (QED) is 0.827. The minimum Gasteiger partial charge on any atom is -0.341 e. The first-order valence-corrected chi connectivity index (χ1v) is 7.69. The van der Waals surface area contributed by atoms with Crippen molar-refractivity contribution in [1.82, 2.24) is 4.90 Å². The largest absolute Gasteiger partial charge is 0.341 e. The lowest BCUT2D eigenvalue weighted by molar-refractivity contribution is -0.127. The maximum atomic E-state index is 11.9. The molecule has 0 saturated carbocycles. The van der Waals surface area contributed by atoms with Crippen LogP contribution in [0.15, 0.2) is 16.8 Å².